The molecule has 0 aliphatic carbocycles. The van der Waals surface area contributed by atoms with Gasteiger partial charge in [0, 0.05) is 10.1 Å². The van der Waals surface area contributed by atoms with Crippen LogP contribution in [0, 0.1) is 0 Å². The van der Waals surface area contributed by atoms with E-state index < -0.39 is 0 Å². The lowest BCUT2D eigenvalue weighted by Crippen LogP contribution is -1.73. The molecule has 2 aromatic carbocycles. The molecule has 0 amide bonds. The van der Waals surface area contributed by atoms with Crippen LogP contribution in [0.2, 0.25) is 0 Å². The van der Waals surface area contributed by atoms with Gasteiger partial charge in [-0.2, -0.15) is 0 Å². The number of hydrogen-bond donors (Lipinski definition) is 1. The summed E-state index contributed by atoms with van der Waals surface area (Å²) in [5.74, 6) is 0.292. The van der Waals surface area contributed by atoms with E-state index in [9.17, 15) is 5.11 Å². The van der Waals surface area contributed by atoms with Gasteiger partial charge < -0.3 is 5.11 Å². The van der Waals surface area contributed by atoms with Gasteiger partial charge in [-0.1, -0.05) is 35.6 Å². The Morgan fingerprint density at radius 2 is 1.71 bits per heavy atom. The van der Waals surface area contributed by atoms with Crippen molar-refractivity contribution in [2.75, 3.05) is 0 Å². The molecule has 0 fully saturated rings. The van der Waals surface area contributed by atoms with Gasteiger partial charge in [0.15, 0.2) is 0 Å². The molecule has 3 nitrogen and oxygen atoms in total. The molecule has 4 rings (SSSR count). The van der Waals surface area contributed by atoms with Crippen LogP contribution in [0.3, 0.4) is 0 Å². The fraction of sp³-hybridized carbons (Fsp3) is 0. The lowest BCUT2D eigenvalue weighted by Gasteiger charge is -1.89. The SMILES string of the molecule is Oc1c(/C=N/c2nc3ccccc3s2)sc2ccccc12. The molecule has 0 saturated heterocycles. The van der Waals surface area contributed by atoms with E-state index in [2.05, 4.69) is 9.98 Å². The summed E-state index contributed by atoms with van der Waals surface area (Å²) < 4.78 is 2.17. The van der Waals surface area contributed by atoms with Crippen molar-refractivity contribution in [1.29, 1.82) is 0 Å². The van der Waals surface area contributed by atoms with Crippen LogP contribution in [-0.4, -0.2) is 16.3 Å². The van der Waals surface area contributed by atoms with Gasteiger partial charge in [0.1, 0.15) is 5.75 Å². The van der Waals surface area contributed by atoms with Crippen LogP contribution in [-0.2, 0) is 0 Å². The normalized spacial score (nSPS) is 11.8. The van der Waals surface area contributed by atoms with Crippen molar-refractivity contribution in [1.82, 2.24) is 4.98 Å². The fourth-order valence-electron chi connectivity index (χ4n) is 2.17. The van der Waals surface area contributed by atoms with Crippen LogP contribution in [0.25, 0.3) is 20.3 Å². The molecular formula is C16H10N2OS2. The summed E-state index contributed by atoms with van der Waals surface area (Å²) in [4.78, 5) is 9.62. The van der Waals surface area contributed by atoms with Crippen molar-refractivity contribution in [3.05, 3.63) is 53.4 Å². The Hall–Kier alpha value is -2.24. The predicted octanol–water partition coefficient (Wildman–Crippen LogP) is 4.97. The first-order valence-electron chi connectivity index (χ1n) is 6.41. The standard InChI is InChI=1S/C16H10N2OS2/c19-15-10-5-1-3-7-12(10)20-14(15)9-17-16-18-11-6-2-4-8-13(11)21-16/h1-9,19H/b17-9+. The first kappa shape index (κ1) is 12.5. The minimum Gasteiger partial charge on any atom is -0.506 e. The third-order valence-corrected chi connectivity index (χ3v) is 5.21. The minimum absolute atomic E-state index is 0.292. The van der Waals surface area contributed by atoms with Crippen LogP contribution in [0.4, 0.5) is 5.13 Å². The van der Waals surface area contributed by atoms with Gasteiger partial charge in [-0.3, -0.25) is 0 Å². The van der Waals surface area contributed by atoms with E-state index in [-0.39, 0.29) is 0 Å². The minimum atomic E-state index is 0.292. The molecule has 5 heteroatoms. The zero-order chi connectivity index (χ0) is 14.2. The van der Waals surface area contributed by atoms with E-state index in [1.54, 1.807) is 17.6 Å². The van der Waals surface area contributed by atoms with Crippen LogP contribution in [0.1, 0.15) is 4.88 Å². The number of thiophene rings is 1. The maximum absolute atomic E-state index is 10.2. The van der Waals surface area contributed by atoms with Gasteiger partial charge >= 0.3 is 0 Å². The molecule has 0 radical (unpaired) electrons. The summed E-state index contributed by atoms with van der Waals surface area (Å²) in [7, 11) is 0. The molecule has 0 atom stereocenters. The van der Waals surface area contributed by atoms with Crippen LogP contribution < -0.4 is 0 Å². The number of para-hydroxylation sites is 1. The molecule has 0 unspecified atom stereocenters. The molecule has 2 heterocycles. The molecule has 4 aromatic rings. The second-order valence-electron chi connectivity index (χ2n) is 4.53. The van der Waals surface area contributed by atoms with Crippen LogP contribution >= 0.6 is 22.7 Å². The number of benzene rings is 2. The van der Waals surface area contributed by atoms with E-state index in [0.717, 1.165) is 25.2 Å². The Balaban J connectivity index is 1.74. The highest BCUT2D eigenvalue weighted by atomic mass is 32.1. The molecule has 0 aliphatic heterocycles. The lowest BCUT2D eigenvalue weighted by molar-refractivity contribution is 0.483. The largest absolute Gasteiger partial charge is 0.506 e. The van der Waals surface area contributed by atoms with E-state index >= 15 is 0 Å². The van der Waals surface area contributed by atoms with E-state index in [0.29, 0.717) is 10.9 Å². The van der Waals surface area contributed by atoms with Crippen LogP contribution in [0.5, 0.6) is 5.75 Å². The quantitative estimate of drug-likeness (QED) is 0.531. The number of hydrogen-bond acceptors (Lipinski definition) is 5. The Morgan fingerprint density at radius 1 is 0.952 bits per heavy atom. The Bertz CT molecular complexity index is 936. The number of aromatic nitrogens is 1. The highest BCUT2D eigenvalue weighted by Crippen LogP contribution is 2.36. The average Bonchev–Trinajstić information content (AvgIpc) is 3.07. The van der Waals surface area contributed by atoms with Crippen molar-refractivity contribution >= 4 is 54.3 Å². The third kappa shape index (κ3) is 2.20. The Labute approximate surface area is 128 Å². The molecule has 0 spiro atoms. The Kier molecular flexibility index (Phi) is 2.94. The van der Waals surface area contributed by atoms with Gasteiger partial charge in [-0.15, -0.1) is 11.3 Å². The topological polar surface area (TPSA) is 45.5 Å². The summed E-state index contributed by atoms with van der Waals surface area (Å²) in [6.07, 6.45) is 1.69. The van der Waals surface area contributed by atoms with Crippen LogP contribution in [0.15, 0.2) is 53.5 Å². The number of aromatic hydroxyl groups is 1. The molecule has 21 heavy (non-hydrogen) atoms. The molecule has 0 saturated carbocycles. The van der Waals surface area contributed by atoms with Gasteiger partial charge in [-0.25, -0.2) is 9.98 Å². The Morgan fingerprint density at radius 3 is 2.52 bits per heavy atom. The van der Waals surface area contributed by atoms with Gasteiger partial charge in [-0.05, 0) is 24.3 Å². The smallest absolute Gasteiger partial charge is 0.210 e. The van der Waals surface area contributed by atoms with Crippen molar-refractivity contribution in [2.24, 2.45) is 4.99 Å². The maximum atomic E-state index is 10.2. The average molecular weight is 310 g/mol. The second kappa shape index (κ2) is 4.95. The van der Waals surface area contributed by atoms with Crippen molar-refractivity contribution < 1.29 is 5.11 Å². The second-order valence-corrected chi connectivity index (χ2v) is 6.63. The first-order chi connectivity index (χ1) is 10.3. The monoisotopic (exact) mass is 310 g/mol. The number of rotatable bonds is 2. The predicted molar refractivity (Wildman–Crippen MR) is 90.4 cm³/mol. The number of thiazole rings is 1. The molecule has 102 valence electrons. The molecule has 1 N–H and O–H groups in total. The first-order valence-corrected chi connectivity index (χ1v) is 8.05. The van der Waals surface area contributed by atoms with Crippen molar-refractivity contribution in [3.8, 4) is 5.75 Å². The molecule has 0 aliphatic rings. The zero-order valence-electron chi connectivity index (χ0n) is 10.9. The van der Waals surface area contributed by atoms with E-state index in [4.69, 9.17) is 0 Å². The van der Waals surface area contributed by atoms with Crippen molar-refractivity contribution in [3.63, 3.8) is 0 Å². The number of nitrogens with zero attached hydrogens (tertiary/aromatic N) is 2. The molecule has 2 aromatic heterocycles. The number of aliphatic imine (C=N–C) groups is 1. The summed E-state index contributed by atoms with van der Waals surface area (Å²) >= 11 is 3.07. The summed E-state index contributed by atoms with van der Waals surface area (Å²) in [6, 6.07) is 15.8. The van der Waals surface area contributed by atoms with E-state index in [1.807, 2.05) is 48.5 Å². The van der Waals surface area contributed by atoms with Gasteiger partial charge in [0.25, 0.3) is 0 Å². The molecular weight excluding hydrogens is 300 g/mol. The maximum Gasteiger partial charge on any atom is 0.210 e. The van der Waals surface area contributed by atoms with Gasteiger partial charge in [0.2, 0.25) is 5.13 Å². The van der Waals surface area contributed by atoms with Crippen molar-refractivity contribution in [2.45, 2.75) is 0 Å². The summed E-state index contributed by atoms with van der Waals surface area (Å²) in [5, 5.41) is 11.8. The third-order valence-electron chi connectivity index (χ3n) is 3.17. The highest BCUT2D eigenvalue weighted by Gasteiger charge is 2.09. The summed E-state index contributed by atoms with van der Waals surface area (Å²) in [6.45, 7) is 0. The molecule has 0 bridgehead atoms. The highest BCUT2D eigenvalue weighted by molar-refractivity contribution is 7.22. The lowest BCUT2D eigenvalue weighted by atomic mass is 10.2. The van der Waals surface area contributed by atoms with E-state index in [1.165, 1.54) is 11.3 Å². The summed E-state index contributed by atoms with van der Waals surface area (Å²) in [5.41, 5.74) is 0.954. The van der Waals surface area contributed by atoms with Gasteiger partial charge in [0.05, 0.1) is 21.3 Å². The fourth-order valence-corrected chi connectivity index (χ4v) is 3.95. The zero-order valence-corrected chi connectivity index (χ0v) is 12.5. The number of fused-ring (bicyclic) bond motifs is 2.